The minimum absolute atomic E-state index is 0.144. The van der Waals surface area contributed by atoms with Gasteiger partial charge in [-0.1, -0.05) is 6.42 Å². The Morgan fingerprint density at radius 3 is 2.68 bits per heavy atom. The van der Waals surface area contributed by atoms with Gasteiger partial charge in [0.15, 0.2) is 0 Å². The van der Waals surface area contributed by atoms with E-state index in [9.17, 15) is 9.59 Å². The average Bonchev–Trinajstić information content (AvgIpc) is 2.63. The summed E-state index contributed by atoms with van der Waals surface area (Å²) in [7, 11) is 1.76. The molecule has 0 radical (unpaired) electrons. The van der Waals surface area contributed by atoms with Crippen molar-refractivity contribution in [3.63, 3.8) is 0 Å². The lowest BCUT2D eigenvalue weighted by atomic mass is 9.85. The zero-order chi connectivity index (χ0) is 14.0. The van der Waals surface area contributed by atoms with E-state index in [4.69, 9.17) is 9.52 Å². The Kier molecular flexibility index (Phi) is 3.93. The van der Waals surface area contributed by atoms with Gasteiger partial charge in [0, 0.05) is 19.2 Å². The molecule has 0 unspecified atom stereocenters. The summed E-state index contributed by atoms with van der Waals surface area (Å²) in [6.07, 6.45) is 4.77. The van der Waals surface area contributed by atoms with E-state index in [-0.39, 0.29) is 18.1 Å². The highest BCUT2D eigenvalue weighted by Crippen LogP contribution is 2.28. The van der Waals surface area contributed by atoms with Crippen LogP contribution in [0.15, 0.2) is 10.7 Å². The number of hydrogen-bond donors (Lipinski definition) is 1. The van der Waals surface area contributed by atoms with E-state index in [1.165, 1.54) is 25.5 Å². The highest BCUT2D eigenvalue weighted by Gasteiger charge is 2.26. The van der Waals surface area contributed by atoms with Gasteiger partial charge < -0.3 is 14.4 Å². The van der Waals surface area contributed by atoms with Crippen LogP contribution in [0.5, 0.6) is 0 Å². The van der Waals surface area contributed by atoms with Crippen LogP contribution in [-0.4, -0.2) is 35.5 Å². The second-order valence-electron chi connectivity index (χ2n) is 5.27. The van der Waals surface area contributed by atoms with Gasteiger partial charge in [0.1, 0.15) is 12.2 Å². The van der Waals surface area contributed by atoms with Gasteiger partial charge in [-0.15, -0.1) is 0 Å². The van der Waals surface area contributed by atoms with Gasteiger partial charge in [-0.05, 0) is 25.7 Å². The van der Waals surface area contributed by atoms with Crippen molar-refractivity contribution < 1.29 is 19.1 Å². The molecule has 1 amide bonds. The second kappa shape index (κ2) is 5.47. The van der Waals surface area contributed by atoms with Crippen molar-refractivity contribution in [1.29, 1.82) is 0 Å². The highest BCUT2D eigenvalue weighted by molar-refractivity contribution is 5.97. The van der Waals surface area contributed by atoms with Crippen molar-refractivity contribution in [2.24, 2.45) is 5.92 Å². The van der Waals surface area contributed by atoms with E-state index < -0.39 is 5.97 Å². The molecular weight excluding hydrogens is 246 g/mol. The summed E-state index contributed by atoms with van der Waals surface area (Å²) < 4.78 is 5.19. The molecule has 1 saturated carbocycles. The minimum atomic E-state index is -0.995. The van der Waals surface area contributed by atoms with Crippen LogP contribution in [0.1, 0.15) is 40.9 Å². The van der Waals surface area contributed by atoms with Gasteiger partial charge in [0.25, 0.3) is 5.91 Å². The molecule has 2 rings (SSSR count). The molecule has 1 N–H and O–H groups in total. The molecule has 5 nitrogen and oxygen atoms in total. The number of carboxylic acid groups (broad SMARTS) is 1. The summed E-state index contributed by atoms with van der Waals surface area (Å²) in [5, 5.41) is 8.83. The third-order valence-corrected chi connectivity index (χ3v) is 3.68. The van der Waals surface area contributed by atoms with Crippen molar-refractivity contribution in [2.45, 2.75) is 32.6 Å². The molecule has 1 aromatic heterocycles. The first-order valence-corrected chi connectivity index (χ1v) is 6.53. The van der Waals surface area contributed by atoms with Crippen molar-refractivity contribution >= 4 is 11.9 Å². The first kappa shape index (κ1) is 13.6. The van der Waals surface area contributed by atoms with Crippen LogP contribution in [-0.2, 0) is 11.2 Å². The number of carboxylic acids is 1. The number of hydrogen-bond acceptors (Lipinski definition) is 3. The Morgan fingerprint density at radius 2 is 2.16 bits per heavy atom. The van der Waals surface area contributed by atoms with Crippen LogP contribution >= 0.6 is 0 Å². The van der Waals surface area contributed by atoms with Crippen molar-refractivity contribution in [2.75, 3.05) is 13.6 Å². The maximum Gasteiger partial charge on any atom is 0.311 e. The largest absolute Gasteiger partial charge is 0.481 e. The van der Waals surface area contributed by atoms with Crippen molar-refractivity contribution in [3.05, 3.63) is 23.2 Å². The van der Waals surface area contributed by atoms with E-state index in [2.05, 4.69) is 0 Å². The highest BCUT2D eigenvalue weighted by atomic mass is 16.4. The van der Waals surface area contributed by atoms with Crippen LogP contribution in [0.4, 0.5) is 0 Å². The summed E-state index contributed by atoms with van der Waals surface area (Å²) in [6, 6.07) is 0. The fraction of sp³-hybridized carbons (Fsp3) is 0.571. The van der Waals surface area contributed by atoms with E-state index in [0.717, 1.165) is 6.54 Å². The summed E-state index contributed by atoms with van der Waals surface area (Å²) in [5.74, 6) is -0.306. The predicted molar refractivity (Wildman–Crippen MR) is 69.1 cm³/mol. The number of furan rings is 1. The summed E-state index contributed by atoms with van der Waals surface area (Å²) >= 11 is 0. The molecule has 0 aromatic carbocycles. The Balaban J connectivity index is 2.12. The molecular formula is C14H19NO4. The predicted octanol–water partition coefficient (Wildman–Crippen LogP) is 2.09. The Bertz CT molecular complexity index is 488. The number of amides is 1. The van der Waals surface area contributed by atoms with Gasteiger partial charge in [0.05, 0.1) is 11.8 Å². The van der Waals surface area contributed by atoms with Crippen molar-refractivity contribution in [1.82, 2.24) is 4.90 Å². The number of rotatable bonds is 5. The van der Waals surface area contributed by atoms with Gasteiger partial charge in [0.2, 0.25) is 0 Å². The fourth-order valence-electron chi connectivity index (χ4n) is 2.39. The molecule has 5 heteroatoms. The van der Waals surface area contributed by atoms with Crippen LogP contribution in [0, 0.1) is 12.8 Å². The summed E-state index contributed by atoms with van der Waals surface area (Å²) in [6.45, 7) is 2.50. The topological polar surface area (TPSA) is 70.7 Å². The Hall–Kier alpha value is -1.78. The van der Waals surface area contributed by atoms with Gasteiger partial charge >= 0.3 is 5.97 Å². The van der Waals surface area contributed by atoms with Gasteiger partial charge in [-0.25, -0.2) is 0 Å². The molecule has 0 spiro atoms. The maximum absolute atomic E-state index is 12.4. The van der Waals surface area contributed by atoms with E-state index >= 15 is 0 Å². The summed E-state index contributed by atoms with van der Waals surface area (Å²) in [4.78, 5) is 24.8. The quantitative estimate of drug-likeness (QED) is 0.885. The van der Waals surface area contributed by atoms with Crippen LogP contribution in [0.2, 0.25) is 0 Å². The van der Waals surface area contributed by atoms with Crippen LogP contribution < -0.4 is 0 Å². The fourth-order valence-corrected chi connectivity index (χ4v) is 2.39. The van der Waals surface area contributed by atoms with Gasteiger partial charge in [-0.3, -0.25) is 9.59 Å². The molecule has 1 aliphatic rings. The number of aryl methyl sites for hydroxylation is 1. The van der Waals surface area contributed by atoms with E-state index in [1.807, 2.05) is 0 Å². The van der Waals surface area contributed by atoms with E-state index in [0.29, 0.717) is 17.0 Å². The van der Waals surface area contributed by atoms with Crippen LogP contribution in [0.3, 0.4) is 0 Å². The molecule has 0 aliphatic heterocycles. The number of aliphatic carboxylic acids is 1. The van der Waals surface area contributed by atoms with Gasteiger partial charge in [-0.2, -0.15) is 0 Å². The summed E-state index contributed by atoms with van der Waals surface area (Å²) in [5.41, 5.74) is 1.10. The Morgan fingerprint density at radius 1 is 1.47 bits per heavy atom. The van der Waals surface area contributed by atoms with E-state index in [1.54, 1.807) is 18.9 Å². The SMILES string of the molecule is Cc1coc(CC(=O)O)c1C(=O)N(C)CC1CCC1. The zero-order valence-corrected chi connectivity index (χ0v) is 11.3. The molecule has 1 aromatic rings. The average molecular weight is 265 g/mol. The first-order chi connectivity index (χ1) is 8.99. The molecule has 19 heavy (non-hydrogen) atoms. The second-order valence-corrected chi connectivity index (χ2v) is 5.27. The van der Waals surface area contributed by atoms with Crippen molar-refractivity contribution in [3.8, 4) is 0 Å². The zero-order valence-electron chi connectivity index (χ0n) is 11.3. The molecule has 0 bridgehead atoms. The molecule has 1 aliphatic carbocycles. The third kappa shape index (κ3) is 2.97. The lowest BCUT2D eigenvalue weighted by Gasteiger charge is -2.30. The molecule has 0 atom stereocenters. The normalized spacial score (nSPS) is 15.1. The standard InChI is InChI=1S/C14H19NO4/c1-9-8-19-11(6-12(16)17)13(9)14(18)15(2)7-10-4-3-5-10/h8,10H,3-7H2,1-2H3,(H,16,17). The van der Waals surface area contributed by atoms with Crippen LogP contribution in [0.25, 0.3) is 0 Å². The molecule has 1 heterocycles. The molecule has 104 valence electrons. The Labute approximate surface area is 112 Å². The number of carbonyl (C=O) groups excluding carboxylic acids is 1. The number of carbonyl (C=O) groups is 2. The third-order valence-electron chi connectivity index (χ3n) is 3.68. The smallest absolute Gasteiger partial charge is 0.311 e. The molecule has 1 fully saturated rings. The number of nitrogens with zero attached hydrogens (tertiary/aromatic N) is 1. The monoisotopic (exact) mass is 265 g/mol. The molecule has 0 saturated heterocycles. The lowest BCUT2D eigenvalue weighted by molar-refractivity contribution is -0.136. The maximum atomic E-state index is 12.4. The minimum Gasteiger partial charge on any atom is -0.481 e. The lowest BCUT2D eigenvalue weighted by Crippen LogP contribution is -2.34. The first-order valence-electron chi connectivity index (χ1n) is 6.53.